The highest BCUT2D eigenvalue weighted by Gasteiger charge is 2.19. The maximum Gasteiger partial charge on any atom is 0.338 e. The van der Waals surface area contributed by atoms with Gasteiger partial charge in [-0.1, -0.05) is 0 Å². The van der Waals surface area contributed by atoms with Crippen LogP contribution in [0.1, 0.15) is 41.4 Å². The van der Waals surface area contributed by atoms with Crippen LogP contribution in [0.5, 0.6) is 0 Å². The summed E-state index contributed by atoms with van der Waals surface area (Å²) in [6.45, 7) is 2.22. The highest BCUT2D eigenvalue weighted by Crippen LogP contribution is 2.32. The van der Waals surface area contributed by atoms with E-state index in [1.165, 1.54) is 18.4 Å². The van der Waals surface area contributed by atoms with Crippen LogP contribution < -0.4 is 0 Å². The van der Waals surface area contributed by atoms with Gasteiger partial charge in [0.25, 0.3) is 0 Å². The van der Waals surface area contributed by atoms with Crippen LogP contribution in [0.3, 0.4) is 0 Å². The molecular formula is C15H16O3. The molecule has 0 bridgehead atoms. The molecular weight excluding hydrogens is 228 g/mol. The van der Waals surface area contributed by atoms with E-state index >= 15 is 0 Å². The number of hydrogen-bond donors (Lipinski definition) is 0. The van der Waals surface area contributed by atoms with Crippen LogP contribution in [0.4, 0.5) is 0 Å². The standard InChI is InChI=1S/C15H16O3/c1-2-17-15(16)10-7-8-14-12(9-10)11-5-3-4-6-13(11)18-14/h7-9H,2-6H2,1H3. The van der Waals surface area contributed by atoms with Crippen LogP contribution in [0.25, 0.3) is 11.0 Å². The molecule has 0 radical (unpaired) electrons. The molecule has 0 amide bonds. The monoisotopic (exact) mass is 244 g/mol. The van der Waals surface area contributed by atoms with Crippen LogP contribution in [0.15, 0.2) is 22.6 Å². The first kappa shape index (κ1) is 11.3. The summed E-state index contributed by atoms with van der Waals surface area (Å²) in [7, 11) is 0. The third-order valence-electron chi connectivity index (χ3n) is 3.47. The second-order valence-corrected chi connectivity index (χ2v) is 4.64. The smallest absolute Gasteiger partial charge is 0.338 e. The molecule has 1 heterocycles. The normalized spacial score (nSPS) is 14.5. The molecule has 1 aliphatic rings. The molecule has 94 valence electrons. The number of aryl methyl sites for hydroxylation is 2. The summed E-state index contributed by atoms with van der Waals surface area (Å²) >= 11 is 0. The fraction of sp³-hybridized carbons (Fsp3) is 0.400. The molecule has 1 aromatic heterocycles. The van der Waals surface area contributed by atoms with Gasteiger partial charge in [-0.2, -0.15) is 0 Å². The molecule has 0 spiro atoms. The van der Waals surface area contributed by atoms with Gasteiger partial charge in [-0.25, -0.2) is 4.79 Å². The van der Waals surface area contributed by atoms with Crippen molar-refractivity contribution in [2.24, 2.45) is 0 Å². The number of carbonyl (C=O) groups is 1. The molecule has 0 saturated heterocycles. The third-order valence-corrected chi connectivity index (χ3v) is 3.47. The van der Waals surface area contributed by atoms with Gasteiger partial charge in [0, 0.05) is 17.4 Å². The molecule has 0 aliphatic heterocycles. The van der Waals surface area contributed by atoms with Crippen molar-refractivity contribution in [3.8, 4) is 0 Å². The first-order chi connectivity index (χ1) is 8.79. The Morgan fingerprint density at radius 1 is 1.33 bits per heavy atom. The maximum atomic E-state index is 11.7. The van der Waals surface area contributed by atoms with Gasteiger partial charge < -0.3 is 9.15 Å². The first-order valence-corrected chi connectivity index (χ1v) is 6.51. The number of benzene rings is 1. The minimum atomic E-state index is -0.259. The fourth-order valence-electron chi connectivity index (χ4n) is 2.60. The number of rotatable bonds is 2. The van der Waals surface area contributed by atoms with E-state index in [4.69, 9.17) is 9.15 Å². The van der Waals surface area contributed by atoms with Gasteiger partial charge in [0.05, 0.1) is 12.2 Å². The number of ether oxygens (including phenoxy) is 1. The Morgan fingerprint density at radius 3 is 3.00 bits per heavy atom. The Kier molecular flexibility index (Phi) is 2.82. The maximum absolute atomic E-state index is 11.7. The molecule has 0 atom stereocenters. The lowest BCUT2D eigenvalue weighted by atomic mass is 9.95. The summed E-state index contributed by atoms with van der Waals surface area (Å²) in [5.41, 5.74) is 2.77. The van der Waals surface area contributed by atoms with Gasteiger partial charge in [0.15, 0.2) is 0 Å². The van der Waals surface area contributed by atoms with Crippen molar-refractivity contribution in [2.45, 2.75) is 32.6 Å². The number of esters is 1. The van der Waals surface area contributed by atoms with Crippen molar-refractivity contribution in [1.29, 1.82) is 0 Å². The molecule has 3 nitrogen and oxygen atoms in total. The summed E-state index contributed by atoms with van der Waals surface area (Å²) in [5.74, 6) is 0.836. The zero-order chi connectivity index (χ0) is 12.5. The van der Waals surface area contributed by atoms with Gasteiger partial charge >= 0.3 is 5.97 Å². The van der Waals surface area contributed by atoms with E-state index in [2.05, 4.69) is 0 Å². The summed E-state index contributed by atoms with van der Waals surface area (Å²) < 4.78 is 10.9. The van der Waals surface area contributed by atoms with Crippen molar-refractivity contribution in [1.82, 2.24) is 0 Å². The van der Waals surface area contributed by atoms with E-state index in [-0.39, 0.29) is 5.97 Å². The van der Waals surface area contributed by atoms with Crippen molar-refractivity contribution in [3.05, 3.63) is 35.1 Å². The summed E-state index contributed by atoms with van der Waals surface area (Å²) in [4.78, 5) is 11.7. The fourth-order valence-corrected chi connectivity index (χ4v) is 2.60. The van der Waals surface area contributed by atoms with E-state index < -0.39 is 0 Å². The Hall–Kier alpha value is -1.77. The molecule has 2 aromatic rings. The highest BCUT2D eigenvalue weighted by molar-refractivity contribution is 5.95. The Labute approximate surface area is 106 Å². The minimum absolute atomic E-state index is 0.259. The van der Waals surface area contributed by atoms with Crippen LogP contribution in [-0.4, -0.2) is 12.6 Å². The molecule has 1 aliphatic carbocycles. The zero-order valence-corrected chi connectivity index (χ0v) is 10.5. The predicted octanol–water partition coefficient (Wildman–Crippen LogP) is 3.49. The average molecular weight is 244 g/mol. The van der Waals surface area contributed by atoms with Crippen molar-refractivity contribution in [3.63, 3.8) is 0 Å². The Balaban J connectivity index is 2.08. The highest BCUT2D eigenvalue weighted by atomic mass is 16.5. The van der Waals surface area contributed by atoms with Gasteiger partial charge in [0.1, 0.15) is 11.3 Å². The van der Waals surface area contributed by atoms with Crippen molar-refractivity contribution >= 4 is 16.9 Å². The molecule has 0 fully saturated rings. The molecule has 0 N–H and O–H groups in total. The second kappa shape index (κ2) is 4.48. The number of furan rings is 1. The predicted molar refractivity (Wildman–Crippen MR) is 68.8 cm³/mol. The van der Waals surface area contributed by atoms with E-state index in [9.17, 15) is 4.79 Å². The van der Waals surface area contributed by atoms with Crippen LogP contribution in [0, 0.1) is 0 Å². The molecule has 1 aromatic carbocycles. The summed E-state index contributed by atoms with van der Waals surface area (Å²) in [6.07, 6.45) is 4.45. The molecule has 3 rings (SSSR count). The van der Waals surface area contributed by atoms with E-state index in [0.29, 0.717) is 12.2 Å². The van der Waals surface area contributed by atoms with Gasteiger partial charge in [0.2, 0.25) is 0 Å². The average Bonchev–Trinajstić information content (AvgIpc) is 2.76. The number of hydrogen-bond acceptors (Lipinski definition) is 3. The zero-order valence-electron chi connectivity index (χ0n) is 10.5. The van der Waals surface area contributed by atoms with Crippen molar-refractivity contribution in [2.75, 3.05) is 6.61 Å². The Bertz CT molecular complexity index is 595. The first-order valence-electron chi connectivity index (χ1n) is 6.51. The van der Waals surface area contributed by atoms with Gasteiger partial charge in [-0.05, 0) is 44.4 Å². The molecule has 0 unspecified atom stereocenters. The quantitative estimate of drug-likeness (QED) is 0.759. The van der Waals surface area contributed by atoms with Gasteiger partial charge in [-0.3, -0.25) is 0 Å². The van der Waals surface area contributed by atoms with Crippen LogP contribution in [0.2, 0.25) is 0 Å². The minimum Gasteiger partial charge on any atom is -0.462 e. The van der Waals surface area contributed by atoms with Gasteiger partial charge in [-0.15, -0.1) is 0 Å². The number of fused-ring (bicyclic) bond motifs is 3. The SMILES string of the molecule is CCOC(=O)c1ccc2oc3c(c2c1)CCCC3. The molecule has 0 saturated carbocycles. The van der Waals surface area contributed by atoms with E-state index in [1.54, 1.807) is 6.07 Å². The summed E-state index contributed by atoms with van der Waals surface area (Å²) in [6, 6.07) is 5.55. The topological polar surface area (TPSA) is 39.4 Å². The Morgan fingerprint density at radius 2 is 2.17 bits per heavy atom. The summed E-state index contributed by atoms with van der Waals surface area (Å²) in [5, 5.41) is 1.08. The lowest BCUT2D eigenvalue weighted by Crippen LogP contribution is -2.04. The lowest BCUT2D eigenvalue weighted by molar-refractivity contribution is 0.0526. The molecule has 3 heteroatoms. The molecule has 18 heavy (non-hydrogen) atoms. The van der Waals surface area contributed by atoms with E-state index in [0.717, 1.165) is 29.6 Å². The third kappa shape index (κ3) is 1.80. The van der Waals surface area contributed by atoms with Crippen LogP contribution in [-0.2, 0) is 17.6 Å². The van der Waals surface area contributed by atoms with E-state index in [1.807, 2.05) is 19.1 Å². The largest absolute Gasteiger partial charge is 0.462 e. The second-order valence-electron chi connectivity index (χ2n) is 4.64. The van der Waals surface area contributed by atoms with Crippen molar-refractivity contribution < 1.29 is 13.9 Å². The number of carbonyl (C=O) groups excluding carboxylic acids is 1. The lowest BCUT2D eigenvalue weighted by Gasteiger charge is -2.08. The van der Waals surface area contributed by atoms with Crippen LogP contribution >= 0.6 is 0 Å².